The van der Waals surface area contributed by atoms with E-state index in [-0.39, 0.29) is 0 Å². The summed E-state index contributed by atoms with van der Waals surface area (Å²) in [6, 6.07) is 12.7. The number of benzene rings is 1. The summed E-state index contributed by atoms with van der Waals surface area (Å²) >= 11 is 5.93. The van der Waals surface area contributed by atoms with E-state index in [0.29, 0.717) is 28.9 Å². The van der Waals surface area contributed by atoms with Crippen LogP contribution in [-0.2, 0) is 6.54 Å². The standard InChI is InChI=1S/C17H15ClN4O/c18-15-4-3-13(9-16(15)20)23-17-14(2-1-6-22-17)11-5-7-21-12(8-11)10-19/h1-9H,10,19-20H2. The average molecular weight is 327 g/mol. The second kappa shape index (κ2) is 6.64. The van der Waals surface area contributed by atoms with Gasteiger partial charge in [0.15, 0.2) is 0 Å². The molecule has 2 heterocycles. The van der Waals surface area contributed by atoms with Gasteiger partial charge in [-0.05, 0) is 42.0 Å². The monoisotopic (exact) mass is 326 g/mol. The molecule has 0 radical (unpaired) electrons. The van der Waals surface area contributed by atoms with Gasteiger partial charge in [-0.25, -0.2) is 4.98 Å². The highest BCUT2D eigenvalue weighted by Crippen LogP contribution is 2.33. The smallest absolute Gasteiger partial charge is 0.227 e. The lowest BCUT2D eigenvalue weighted by molar-refractivity contribution is 0.465. The first-order chi connectivity index (χ1) is 11.2. The van der Waals surface area contributed by atoms with Crippen LogP contribution in [0.1, 0.15) is 5.69 Å². The van der Waals surface area contributed by atoms with Crippen LogP contribution in [0.3, 0.4) is 0 Å². The number of nitrogens with two attached hydrogens (primary N) is 2. The van der Waals surface area contributed by atoms with Crippen molar-refractivity contribution in [2.24, 2.45) is 5.73 Å². The number of pyridine rings is 2. The summed E-state index contributed by atoms with van der Waals surface area (Å²) in [5, 5.41) is 0.486. The van der Waals surface area contributed by atoms with Crippen molar-refractivity contribution in [2.75, 3.05) is 5.73 Å². The van der Waals surface area contributed by atoms with Gasteiger partial charge in [0.25, 0.3) is 0 Å². The lowest BCUT2D eigenvalue weighted by Crippen LogP contribution is -1.99. The molecule has 0 aliphatic carbocycles. The summed E-state index contributed by atoms with van der Waals surface area (Å²) in [4.78, 5) is 8.51. The number of hydrogen-bond acceptors (Lipinski definition) is 5. The topological polar surface area (TPSA) is 87.0 Å². The van der Waals surface area contributed by atoms with Crippen molar-refractivity contribution in [2.45, 2.75) is 6.54 Å². The van der Waals surface area contributed by atoms with Crippen LogP contribution in [-0.4, -0.2) is 9.97 Å². The van der Waals surface area contributed by atoms with Crippen molar-refractivity contribution < 1.29 is 4.74 Å². The maximum atomic E-state index is 5.93. The zero-order valence-electron chi connectivity index (χ0n) is 12.2. The van der Waals surface area contributed by atoms with Crippen molar-refractivity contribution in [1.29, 1.82) is 0 Å². The van der Waals surface area contributed by atoms with Gasteiger partial charge >= 0.3 is 0 Å². The summed E-state index contributed by atoms with van der Waals surface area (Å²) < 4.78 is 5.87. The molecule has 116 valence electrons. The highest BCUT2D eigenvalue weighted by Gasteiger charge is 2.10. The number of nitrogens with zero attached hydrogens (tertiary/aromatic N) is 2. The molecule has 0 amide bonds. The number of rotatable bonds is 4. The predicted octanol–water partition coefficient (Wildman–Crippen LogP) is 3.63. The minimum absolute atomic E-state index is 0.373. The van der Waals surface area contributed by atoms with Gasteiger partial charge in [0.2, 0.25) is 5.88 Å². The van der Waals surface area contributed by atoms with Gasteiger partial charge in [-0.2, -0.15) is 0 Å². The summed E-state index contributed by atoms with van der Waals surface area (Å²) in [5.74, 6) is 1.04. The van der Waals surface area contributed by atoms with Gasteiger partial charge in [-0.15, -0.1) is 0 Å². The average Bonchev–Trinajstić information content (AvgIpc) is 2.59. The number of nitrogen functional groups attached to an aromatic ring is 1. The molecule has 0 aliphatic rings. The van der Waals surface area contributed by atoms with Crippen LogP contribution >= 0.6 is 11.6 Å². The first-order valence-electron chi connectivity index (χ1n) is 7.00. The number of aromatic nitrogens is 2. The molecule has 5 nitrogen and oxygen atoms in total. The fourth-order valence-electron chi connectivity index (χ4n) is 2.15. The van der Waals surface area contributed by atoms with Crippen LogP contribution < -0.4 is 16.2 Å². The van der Waals surface area contributed by atoms with E-state index in [4.69, 9.17) is 27.8 Å². The minimum Gasteiger partial charge on any atom is -0.438 e. The van der Waals surface area contributed by atoms with E-state index in [1.165, 1.54) is 0 Å². The van der Waals surface area contributed by atoms with Crippen molar-refractivity contribution in [3.8, 4) is 22.8 Å². The Balaban J connectivity index is 1.98. The van der Waals surface area contributed by atoms with Gasteiger partial charge in [0.1, 0.15) is 5.75 Å². The third kappa shape index (κ3) is 3.41. The van der Waals surface area contributed by atoms with Crippen LogP contribution in [0.4, 0.5) is 5.69 Å². The molecule has 0 spiro atoms. The Hall–Kier alpha value is -2.63. The zero-order valence-corrected chi connectivity index (χ0v) is 13.0. The van der Waals surface area contributed by atoms with E-state index < -0.39 is 0 Å². The fraction of sp³-hybridized carbons (Fsp3) is 0.0588. The molecule has 23 heavy (non-hydrogen) atoms. The molecule has 4 N–H and O–H groups in total. The summed E-state index contributed by atoms with van der Waals surface area (Å²) in [7, 11) is 0. The molecule has 1 aromatic carbocycles. The molecule has 0 fully saturated rings. The third-order valence-corrected chi connectivity index (χ3v) is 3.63. The summed E-state index contributed by atoms with van der Waals surface area (Å²) in [6.45, 7) is 0.373. The summed E-state index contributed by atoms with van der Waals surface area (Å²) in [5.41, 5.74) is 14.5. The second-order valence-corrected chi connectivity index (χ2v) is 5.29. The van der Waals surface area contributed by atoms with Crippen LogP contribution in [0.25, 0.3) is 11.1 Å². The quantitative estimate of drug-likeness (QED) is 0.715. The van der Waals surface area contributed by atoms with Crippen LogP contribution in [0.15, 0.2) is 54.9 Å². The Morgan fingerprint density at radius 1 is 1.04 bits per heavy atom. The normalized spacial score (nSPS) is 10.5. The molecule has 0 bridgehead atoms. The molecular formula is C17H15ClN4O. The Morgan fingerprint density at radius 2 is 1.91 bits per heavy atom. The van der Waals surface area contributed by atoms with Crippen molar-refractivity contribution in [1.82, 2.24) is 9.97 Å². The maximum absolute atomic E-state index is 5.93. The van der Waals surface area contributed by atoms with E-state index in [2.05, 4.69) is 9.97 Å². The molecule has 0 aliphatic heterocycles. The van der Waals surface area contributed by atoms with E-state index in [9.17, 15) is 0 Å². The first kappa shape index (κ1) is 15.3. The Morgan fingerprint density at radius 3 is 2.70 bits per heavy atom. The van der Waals surface area contributed by atoms with Crippen LogP contribution in [0.5, 0.6) is 11.6 Å². The van der Waals surface area contributed by atoms with Crippen molar-refractivity contribution in [3.05, 3.63) is 65.6 Å². The number of anilines is 1. The SMILES string of the molecule is NCc1cc(-c2cccnc2Oc2ccc(Cl)c(N)c2)ccn1. The lowest BCUT2D eigenvalue weighted by Gasteiger charge is -2.11. The van der Waals surface area contributed by atoms with E-state index >= 15 is 0 Å². The molecule has 0 saturated carbocycles. The Kier molecular flexibility index (Phi) is 4.41. The number of halogens is 1. The molecule has 6 heteroatoms. The van der Waals surface area contributed by atoms with Gasteiger partial charge in [0.05, 0.1) is 16.4 Å². The molecule has 0 saturated heterocycles. The molecule has 0 unspecified atom stereocenters. The van der Waals surface area contributed by atoms with Crippen molar-refractivity contribution >= 4 is 17.3 Å². The van der Waals surface area contributed by atoms with E-state index in [0.717, 1.165) is 16.8 Å². The van der Waals surface area contributed by atoms with Gasteiger partial charge in [-0.3, -0.25) is 4.98 Å². The minimum atomic E-state index is 0.373. The zero-order chi connectivity index (χ0) is 16.2. The number of hydrogen-bond donors (Lipinski definition) is 2. The maximum Gasteiger partial charge on any atom is 0.227 e. The highest BCUT2D eigenvalue weighted by molar-refractivity contribution is 6.33. The van der Waals surface area contributed by atoms with Gasteiger partial charge in [0, 0.05) is 30.6 Å². The van der Waals surface area contributed by atoms with Crippen LogP contribution in [0, 0.1) is 0 Å². The van der Waals surface area contributed by atoms with E-state index in [1.54, 1.807) is 30.6 Å². The highest BCUT2D eigenvalue weighted by atomic mass is 35.5. The molecule has 2 aromatic heterocycles. The third-order valence-electron chi connectivity index (χ3n) is 3.29. The molecular weight excluding hydrogens is 312 g/mol. The van der Waals surface area contributed by atoms with Crippen molar-refractivity contribution in [3.63, 3.8) is 0 Å². The molecule has 3 rings (SSSR count). The molecule has 0 atom stereocenters. The van der Waals surface area contributed by atoms with Crippen LogP contribution in [0.2, 0.25) is 5.02 Å². The fourth-order valence-corrected chi connectivity index (χ4v) is 2.26. The largest absolute Gasteiger partial charge is 0.438 e. The summed E-state index contributed by atoms with van der Waals surface area (Å²) in [6.07, 6.45) is 3.39. The molecule has 3 aromatic rings. The van der Waals surface area contributed by atoms with E-state index in [1.807, 2.05) is 24.3 Å². The second-order valence-electron chi connectivity index (χ2n) is 4.88. The predicted molar refractivity (Wildman–Crippen MR) is 91.3 cm³/mol. The Labute approximate surface area is 138 Å². The lowest BCUT2D eigenvalue weighted by atomic mass is 10.1. The Bertz CT molecular complexity index is 838. The van der Waals surface area contributed by atoms with Gasteiger partial charge in [-0.1, -0.05) is 11.6 Å². The number of ether oxygens (including phenoxy) is 1. The first-order valence-corrected chi connectivity index (χ1v) is 7.38. The van der Waals surface area contributed by atoms with Gasteiger partial charge < -0.3 is 16.2 Å².